The number of benzene rings is 2. The van der Waals surface area contributed by atoms with Gasteiger partial charge in [0.2, 0.25) is 0 Å². The van der Waals surface area contributed by atoms with E-state index < -0.39 is 0 Å². The number of rotatable bonds is 5. The molecule has 1 aliphatic heterocycles. The number of aromatic nitrogens is 1. The van der Waals surface area contributed by atoms with Gasteiger partial charge in [-0.25, -0.2) is 4.98 Å². The van der Waals surface area contributed by atoms with Crippen LogP contribution in [0.5, 0.6) is 0 Å². The van der Waals surface area contributed by atoms with Gasteiger partial charge in [0.1, 0.15) is 0 Å². The van der Waals surface area contributed by atoms with Gasteiger partial charge in [-0.15, -0.1) is 12.4 Å². The molecule has 8 heteroatoms. The fourth-order valence-electron chi connectivity index (χ4n) is 3.43. The fraction of sp³-hybridized carbons (Fsp3) is 0.364. The summed E-state index contributed by atoms with van der Waals surface area (Å²) in [5, 5.41) is 0.759. The second-order valence-electron chi connectivity index (χ2n) is 7.27. The lowest BCUT2D eigenvalue weighted by molar-refractivity contribution is 0.0391. The molecule has 1 aromatic heterocycles. The molecule has 0 N–H and O–H groups in total. The molecule has 1 aliphatic rings. The maximum absolute atomic E-state index is 13.4. The second kappa shape index (κ2) is 10.2. The zero-order chi connectivity index (χ0) is 20.4. The van der Waals surface area contributed by atoms with Crippen LogP contribution in [0.3, 0.4) is 0 Å². The van der Waals surface area contributed by atoms with Crippen molar-refractivity contribution in [1.82, 2.24) is 9.88 Å². The Morgan fingerprint density at radius 1 is 1.17 bits per heavy atom. The molecule has 0 radical (unpaired) electrons. The van der Waals surface area contributed by atoms with E-state index in [1.54, 1.807) is 11.3 Å². The first-order valence-corrected chi connectivity index (χ1v) is 11.4. The van der Waals surface area contributed by atoms with Crippen LogP contribution in [0.1, 0.15) is 21.5 Å². The van der Waals surface area contributed by atoms with Crippen molar-refractivity contribution in [3.8, 4) is 0 Å². The Bertz CT molecular complexity index is 1020. The summed E-state index contributed by atoms with van der Waals surface area (Å²) < 4.78 is 7.52. The smallest absolute Gasteiger partial charge is 0.260 e. The minimum absolute atomic E-state index is 0. The molecular weight excluding hydrogens is 486 g/mol. The third-order valence-corrected chi connectivity index (χ3v) is 6.96. The lowest BCUT2D eigenvalue weighted by atomic mass is 10.1. The monoisotopic (exact) mass is 509 g/mol. The van der Waals surface area contributed by atoms with Crippen molar-refractivity contribution in [2.45, 2.75) is 13.8 Å². The van der Waals surface area contributed by atoms with Gasteiger partial charge in [-0.05, 0) is 55.3 Å². The van der Waals surface area contributed by atoms with E-state index >= 15 is 0 Å². The molecule has 30 heavy (non-hydrogen) atoms. The van der Waals surface area contributed by atoms with Gasteiger partial charge in [-0.3, -0.25) is 14.6 Å². The first-order chi connectivity index (χ1) is 14.0. The molecule has 5 nitrogen and oxygen atoms in total. The lowest BCUT2D eigenvalue weighted by Crippen LogP contribution is -2.43. The zero-order valence-corrected chi connectivity index (χ0v) is 20.3. The summed E-state index contributed by atoms with van der Waals surface area (Å²) in [4.78, 5) is 22.4. The number of amides is 1. The third-order valence-electron chi connectivity index (χ3n) is 5.38. The predicted molar refractivity (Wildman–Crippen MR) is 129 cm³/mol. The Balaban J connectivity index is 0.00000256. The summed E-state index contributed by atoms with van der Waals surface area (Å²) in [6, 6.07) is 11.7. The number of halogens is 2. The van der Waals surface area contributed by atoms with Crippen molar-refractivity contribution in [3.05, 3.63) is 57.6 Å². The minimum Gasteiger partial charge on any atom is -0.379 e. The molecule has 0 spiro atoms. The molecule has 2 heterocycles. The number of thiazole rings is 1. The number of carbonyl (C=O) groups is 1. The highest BCUT2D eigenvalue weighted by molar-refractivity contribution is 9.10. The van der Waals surface area contributed by atoms with E-state index in [0.29, 0.717) is 12.1 Å². The Labute approximate surface area is 195 Å². The number of carbonyl (C=O) groups excluding carboxylic acids is 1. The highest BCUT2D eigenvalue weighted by Gasteiger charge is 2.23. The largest absolute Gasteiger partial charge is 0.379 e. The van der Waals surface area contributed by atoms with E-state index in [1.807, 2.05) is 29.2 Å². The molecule has 0 bridgehead atoms. The second-order valence-corrected chi connectivity index (χ2v) is 9.19. The quantitative estimate of drug-likeness (QED) is 0.480. The summed E-state index contributed by atoms with van der Waals surface area (Å²) in [5.41, 5.74) is 4.05. The number of morpholine rings is 1. The SMILES string of the molecule is Cc1ccc2sc(N(CCN3CCOCC3)C(=O)c3ccc(Br)cc3)nc2c1C.Cl. The van der Waals surface area contributed by atoms with Crippen LogP contribution in [0.2, 0.25) is 0 Å². The Hall–Kier alpha value is -1.51. The molecule has 0 atom stereocenters. The van der Waals surface area contributed by atoms with Crippen LogP contribution in [0.15, 0.2) is 40.9 Å². The van der Waals surface area contributed by atoms with E-state index in [-0.39, 0.29) is 18.3 Å². The molecule has 160 valence electrons. The normalized spacial score (nSPS) is 14.5. The van der Waals surface area contributed by atoms with Crippen molar-refractivity contribution < 1.29 is 9.53 Å². The molecule has 0 unspecified atom stereocenters. The van der Waals surface area contributed by atoms with Gasteiger partial charge in [0.15, 0.2) is 5.13 Å². The zero-order valence-electron chi connectivity index (χ0n) is 17.1. The van der Waals surface area contributed by atoms with Crippen LogP contribution in [0.4, 0.5) is 5.13 Å². The number of ether oxygens (including phenoxy) is 1. The van der Waals surface area contributed by atoms with E-state index in [0.717, 1.165) is 52.7 Å². The van der Waals surface area contributed by atoms with Crippen molar-refractivity contribution in [2.75, 3.05) is 44.3 Å². The van der Waals surface area contributed by atoms with Gasteiger partial charge in [0.05, 0.1) is 23.4 Å². The van der Waals surface area contributed by atoms with Gasteiger partial charge in [0, 0.05) is 36.2 Å². The summed E-state index contributed by atoms with van der Waals surface area (Å²) in [6.07, 6.45) is 0. The van der Waals surface area contributed by atoms with E-state index in [9.17, 15) is 4.79 Å². The van der Waals surface area contributed by atoms with Crippen LogP contribution in [0.25, 0.3) is 10.2 Å². The first kappa shape index (κ1) is 23.2. The summed E-state index contributed by atoms with van der Waals surface area (Å²) in [5.74, 6) is -0.0146. The number of hydrogen-bond donors (Lipinski definition) is 0. The first-order valence-electron chi connectivity index (χ1n) is 9.77. The molecule has 3 aromatic rings. The lowest BCUT2D eigenvalue weighted by Gasteiger charge is -2.29. The van der Waals surface area contributed by atoms with E-state index in [1.165, 1.54) is 11.1 Å². The van der Waals surface area contributed by atoms with E-state index in [2.05, 4.69) is 46.8 Å². The molecule has 1 saturated heterocycles. The average Bonchev–Trinajstić information content (AvgIpc) is 3.17. The van der Waals surface area contributed by atoms with Crippen LogP contribution < -0.4 is 4.90 Å². The Kier molecular flexibility index (Phi) is 7.87. The van der Waals surface area contributed by atoms with Crippen LogP contribution in [-0.2, 0) is 4.74 Å². The average molecular weight is 511 g/mol. The van der Waals surface area contributed by atoms with Crippen LogP contribution in [-0.4, -0.2) is 55.2 Å². The predicted octanol–water partition coefficient (Wildman–Crippen LogP) is 5.08. The topological polar surface area (TPSA) is 45.7 Å². The van der Waals surface area contributed by atoms with Gasteiger partial charge >= 0.3 is 0 Å². The van der Waals surface area contributed by atoms with Gasteiger partial charge < -0.3 is 4.74 Å². The standard InChI is InChI=1S/C22H24BrN3O2S.ClH/c1-15-3-8-19-20(16(15)2)24-22(29-19)26(10-9-25-11-13-28-14-12-25)21(27)17-4-6-18(23)7-5-17;/h3-8H,9-14H2,1-2H3;1H. The van der Waals surface area contributed by atoms with Gasteiger partial charge in [-0.1, -0.05) is 33.3 Å². The van der Waals surface area contributed by atoms with Crippen molar-refractivity contribution in [2.24, 2.45) is 0 Å². The minimum atomic E-state index is -0.0146. The van der Waals surface area contributed by atoms with Gasteiger partial charge in [-0.2, -0.15) is 0 Å². The van der Waals surface area contributed by atoms with Crippen molar-refractivity contribution in [3.63, 3.8) is 0 Å². The van der Waals surface area contributed by atoms with Crippen LogP contribution in [0, 0.1) is 13.8 Å². The number of anilines is 1. The summed E-state index contributed by atoms with van der Waals surface area (Å²) >= 11 is 5.03. The van der Waals surface area contributed by atoms with E-state index in [4.69, 9.17) is 9.72 Å². The fourth-order valence-corrected chi connectivity index (χ4v) is 4.74. The van der Waals surface area contributed by atoms with Crippen molar-refractivity contribution in [1.29, 1.82) is 0 Å². The Morgan fingerprint density at radius 3 is 2.57 bits per heavy atom. The van der Waals surface area contributed by atoms with Crippen LogP contribution >= 0.6 is 39.7 Å². The molecule has 4 rings (SSSR count). The summed E-state index contributed by atoms with van der Waals surface area (Å²) in [6.45, 7) is 8.90. The molecule has 1 amide bonds. The molecule has 2 aromatic carbocycles. The van der Waals surface area contributed by atoms with Gasteiger partial charge in [0.25, 0.3) is 5.91 Å². The van der Waals surface area contributed by atoms with Crippen molar-refractivity contribution >= 4 is 60.9 Å². The maximum atomic E-state index is 13.4. The highest BCUT2D eigenvalue weighted by atomic mass is 79.9. The molecule has 0 saturated carbocycles. The molecule has 0 aliphatic carbocycles. The summed E-state index contributed by atoms with van der Waals surface area (Å²) in [7, 11) is 0. The molecular formula is C22H25BrClN3O2S. The number of nitrogens with zero attached hydrogens (tertiary/aromatic N) is 3. The maximum Gasteiger partial charge on any atom is 0.260 e. The Morgan fingerprint density at radius 2 is 1.87 bits per heavy atom. The highest BCUT2D eigenvalue weighted by Crippen LogP contribution is 2.32. The molecule has 1 fully saturated rings. The third kappa shape index (κ3) is 5.03. The number of fused-ring (bicyclic) bond motifs is 1. The number of hydrogen-bond acceptors (Lipinski definition) is 5. The number of aryl methyl sites for hydroxylation is 2.